The van der Waals surface area contributed by atoms with Crippen molar-refractivity contribution >= 4 is 66.2 Å². The van der Waals surface area contributed by atoms with Gasteiger partial charge in [0, 0.05) is 56.5 Å². The van der Waals surface area contributed by atoms with Crippen LogP contribution in [0.4, 0.5) is 0 Å². The summed E-state index contributed by atoms with van der Waals surface area (Å²) >= 11 is 12.4. The van der Waals surface area contributed by atoms with Gasteiger partial charge in [-0.1, -0.05) is 23.2 Å². The van der Waals surface area contributed by atoms with Gasteiger partial charge in [0.05, 0.1) is 16.3 Å². The van der Waals surface area contributed by atoms with Gasteiger partial charge >= 0.3 is 10.2 Å². The molecule has 2 amide bonds. The standard InChI is InChI=1S/C19H25Cl2N5O6S2/c1-11(27)24-34(31,32)26-7-6-15(12(10-26)9-22-33(3,29)30)23-19(28)17-8-13-16(25(17)2)5-4-14(20)18(13)21/h4-5,8,12,15,22H,6-7,9-10H2,1-3H3,(H,23,28)(H,24,27)/t12-,15+/m1/s1. The molecule has 0 aliphatic carbocycles. The minimum Gasteiger partial charge on any atom is -0.348 e. The molecule has 1 aromatic heterocycles. The van der Waals surface area contributed by atoms with Crippen LogP contribution in [0.3, 0.4) is 0 Å². The number of sulfonamides is 1. The molecule has 1 aromatic carbocycles. The molecule has 2 heterocycles. The largest absolute Gasteiger partial charge is 0.348 e. The fourth-order valence-corrected chi connectivity index (χ4v) is 6.05. The second-order valence-electron chi connectivity index (χ2n) is 8.15. The minimum absolute atomic E-state index is 0.0273. The van der Waals surface area contributed by atoms with Crippen molar-refractivity contribution in [3.63, 3.8) is 0 Å². The van der Waals surface area contributed by atoms with Crippen LogP contribution in [-0.2, 0) is 32.1 Å². The van der Waals surface area contributed by atoms with E-state index in [9.17, 15) is 26.4 Å². The van der Waals surface area contributed by atoms with Gasteiger partial charge in [-0.15, -0.1) is 0 Å². The van der Waals surface area contributed by atoms with E-state index in [0.29, 0.717) is 26.6 Å². The highest BCUT2D eigenvalue weighted by molar-refractivity contribution is 7.88. The fourth-order valence-electron chi connectivity index (χ4n) is 3.93. The Balaban J connectivity index is 1.84. The second-order valence-corrected chi connectivity index (χ2v) is 12.4. The quantitative estimate of drug-likeness (QED) is 0.462. The number of hydrogen-bond donors (Lipinski definition) is 3. The van der Waals surface area contributed by atoms with Crippen LogP contribution in [0.15, 0.2) is 18.2 Å². The molecule has 11 nitrogen and oxygen atoms in total. The number of aromatic nitrogens is 1. The van der Waals surface area contributed by atoms with Crippen molar-refractivity contribution in [2.75, 3.05) is 25.9 Å². The minimum atomic E-state index is -4.09. The van der Waals surface area contributed by atoms with E-state index in [1.807, 2.05) is 4.72 Å². The van der Waals surface area contributed by atoms with Crippen LogP contribution in [0.5, 0.6) is 0 Å². The molecule has 2 atom stereocenters. The lowest BCUT2D eigenvalue weighted by Gasteiger charge is -2.38. The van der Waals surface area contributed by atoms with Crippen molar-refractivity contribution in [3.8, 4) is 0 Å². The molecule has 1 aliphatic rings. The molecule has 0 spiro atoms. The number of nitrogens with one attached hydrogen (secondary N) is 3. The van der Waals surface area contributed by atoms with E-state index < -0.39 is 44.0 Å². The number of fused-ring (bicyclic) bond motifs is 1. The van der Waals surface area contributed by atoms with E-state index in [-0.39, 0.29) is 26.1 Å². The number of carbonyl (C=O) groups excluding carboxylic acids is 2. The highest BCUT2D eigenvalue weighted by Crippen LogP contribution is 2.32. The Morgan fingerprint density at radius 2 is 1.85 bits per heavy atom. The third-order valence-corrected chi connectivity index (χ3v) is 8.65. The molecule has 1 fully saturated rings. The van der Waals surface area contributed by atoms with Crippen LogP contribution < -0.4 is 14.8 Å². The zero-order chi connectivity index (χ0) is 25.4. The molecule has 0 bridgehead atoms. The predicted molar refractivity (Wildman–Crippen MR) is 129 cm³/mol. The first-order chi connectivity index (χ1) is 15.7. The number of aryl methyl sites for hydroxylation is 1. The second kappa shape index (κ2) is 9.99. The number of hydrogen-bond acceptors (Lipinski definition) is 6. The van der Waals surface area contributed by atoms with Crippen LogP contribution in [0.2, 0.25) is 10.0 Å². The van der Waals surface area contributed by atoms with Gasteiger partial charge in [-0.25, -0.2) is 17.9 Å². The summed E-state index contributed by atoms with van der Waals surface area (Å²) in [6.45, 7) is 0.898. The highest BCUT2D eigenvalue weighted by atomic mass is 35.5. The van der Waals surface area contributed by atoms with Crippen molar-refractivity contribution in [3.05, 3.63) is 33.9 Å². The van der Waals surface area contributed by atoms with Crippen LogP contribution in [0.1, 0.15) is 23.8 Å². The zero-order valence-corrected chi connectivity index (χ0v) is 21.8. The topological polar surface area (TPSA) is 147 Å². The van der Waals surface area contributed by atoms with Crippen LogP contribution in [0, 0.1) is 5.92 Å². The molecule has 0 saturated carbocycles. The number of amides is 2. The molecule has 3 N–H and O–H groups in total. The molecule has 0 unspecified atom stereocenters. The van der Waals surface area contributed by atoms with Gasteiger partial charge in [-0.3, -0.25) is 9.59 Å². The Labute approximate surface area is 208 Å². The Morgan fingerprint density at radius 3 is 2.47 bits per heavy atom. The van der Waals surface area contributed by atoms with E-state index in [4.69, 9.17) is 23.2 Å². The average molecular weight is 554 g/mol. The summed E-state index contributed by atoms with van der Waals surface area (Å²) in [5, 5.41) is 4.17. The zero-order valence-electron chi connectivity index (χ0n) is 18.6. The van der Waals surface area contributed by atoms with E-state index in [2.05, 4.69) is 10.0 Å². The molecule has 2 aromatic rings. The summed E-state index contributed by atoms with van der Waals surface area (Å²) in [4.78, 5) is 24.4. The van der Waals surface area contributed by atoms with Gasteiger partial charge in [-0.2, -0.15) is 12.7 Å². The predicted octanol–water partition coefficient (Wildman–Crippen LogP) is 0.836. The summed E-state index contributed by atoms with van der Waals surface area (Å²) in [5.41, 5.74) is 1.01. The lowest BCUT2D eigenvalue weighted by molar-refractivity contribution is -0.117. The Morgan fingerprint density at radius 1 is 1.18 bits per heavy atom. The van der Waals surface area contributed by atoms with Gasteiger partial charge in [0.1, 0.15) is 5.69 Å². The lowest BCUT2D eigenvalue weighted by Crippen LogP contribution is -2.57. The van der Waals surface area contributed by atoms with Gasteiger partial charge < -0.3 is 9.88 Å². The Kier molecular flexibility index (Phi) is 7.85. The molecule has 15 heteroatoms. The summed E-state index contributed by atoms with van der Waals surface area (Å²) in [6, 6.07) is 4.44. The van der Waals surface area contributed by atoms with E-state index in [1.165, 1.54) is 0 Å². The summed E-state index contributed by atoms with van der Waals surface area (Å²) in [5.74, 6) is -1.77. The SMILES string of the molecule is CC(=O)NS(=O)(=O)N1CC[C@H](NC(=O)c2cc3c(Cl)c(Cl)ccc3n2C)[C@H](CNS(C)(=O)=O)C1. The maximum atomic E-state index is 13.1. The smallest absolute Gasteiger partial charge is 0.303 e. The van der Waals surface area contributed by atoms with Crippen molar-refractivity contribution in [1.82, 2.24) is 23.6 Å². The summed E-state index contributed by atoms with van der Waals surface area (Å²) in [6.07, 6.45) is 1.19. The Bertz CT molecular complexity index is 1340. The molecule has 3 rings (SSSR count). The lowest BCUT2D eigenvalue weighted by atomic mass is 9.93. The monoisotopic (exact) mass is 553 g/mol. The first-order valence-electron chi connectivity index (χ1n) is 10.2. The van der Waals surface area contributed by atoms with Crippen LogP contribution in [0.25, 0.3) is 10.9 Å². The van der Waals surface area contributed by atoms with Crippen molar-refractivity contribution in [1.29, 1.82) is 0 Å². The van der Waals surface area contributed by atoms with E-state index >= 15 is 0 Å². The van der Waals surface area contributed by atoms with Gasteiger partial charge in [-0.05, 0) is 24.6 Å². The third kappa shape index (κ3) is 6.01. The summed E-state index contributed by atoms with van der Waals surface area (Å²) in [7, 11) is -5.96. The Hall–Kier alpha value is -1.90. The van der Waals surface area contributed by atoms with Crippen molar-refractivity contribution in [2.24, 2.45) is 13.0 Å². The van der Waals surface area contributed by atoms with Gasteiger partial charge in [0.15, 0.2) is 0 Å². The normalized spacial score (nSPS) is 19.8. The molecule has 1 saturated heterocycles. The third-order valence-electron chi connectivity index (χ3n) is 5.58. The van der Waals surface area contributed by atoms with E-state index in [0.717, 1.165) is 17.5 Å². The fraction of sp³-hybridized carbons (Fsp3) is 0.474. The molecular formula is C19H25Cl2N5O6S2. The summed E-state index contributed by atoms with van der Waals surface area (Å²) < 4.78 is 55.1. The van der Waals surface area contributed by atoms with Gasteiger partial charge in [0.25, 0.3) is 5.91 Å². The first-order valence-corrected chi connectivity index (χ1v) is 14.3. The molecular weight excluding hydrogens is 529 g/mol. The number of piperidine rings is 1. The molecule has 0 radical (unpaired) electrons. The molecule has 188 valence electrons. The van der Waals surface area contributed by atoms with Gasteiger partial charge in [0.2, 0.25) is 15.9 Å². The van der Waals surface area contributed by atoms with E-state index in [1.54, 1.807) is 29.8 Å². The maximum Gasteiger partial charge on any atom is 0.303 e. The number of carbonyl (C=O) groups is 2. The van der Waals surface area contributed by atoms with Crippen LogP contribution in [-0.4, -0.2) is 69.5 Å². The molecule has 1 aliphatic heterocycles. The first kappa shape index (κ1) is 26.7. The number of benzene rings is 1. The maximum absolute atomic E-state index is 13.1. The van der Waals surface area contributed by atoms with Crippen LogP contribution >= 0.6 is 23.2 Å². The highest BCUT2D eigenvalue weighted by Gasteiger charge is 2.36. The molecule has 34 heavy (non-hydrogen) atoms. The number of nitrogens with zero attached hydrogens (tertiary/aromatic N) is 2. The van der Waals surface area contributed by atoms with Crippen molar-refractivity contribution < 1.29 is 26.4 Å². The number of rotatable bonds is 7. The average Bonchev–Trinajstić information content (AvgIpc) is 3.05. The van der Waals surface area contributed by atoms with Crippen molar-refractivity contribution in [2.45, 2.75) is 19.4 Å². The number of halogens is 2.